The highest BCUT2D eigenvalue weighted by Gasteiger charge is 2.12. The van der Waals surface area contributed by atoms with Gasteiger partial charge in [0.1, 0.15) is 5.84 Å². The quantitative estimate of drug-likeness (QED) is 0.554. The van der Waals surface area contributed by atoms with Crippen LogP contribution in [-0.2, 0) is 0 Å². The van der Waals surface area contributed by atoms with Crippen molar-refractivity contribution in [2.75, 3.05) is 0 Å². The molecule has 2 nitrogen and oxygen atoms in total. The van der Waals surface area contributed by atoms with Crippen LogP contribution < -0.4 is 15.5 Å². The third-order valence-corrected chi connectivity index (χ3v) is 5.35. The lowest BCUT2D eigenvalue weighted by molar-refractivity contribution is 1.13. The molecule has 0 unspecified atom stereocenters. The third-order valence-electron chi connectivity index (χ3n) is 4.10. The first-order valence-corrected chi connectivity index (χ1v) is 8.22. The van der Waals surface area contributed by atoms with Gasteiger partial charge in [-0.25, -0.2) is 0 Å². The number of nitrogens with two attached hydrogens (primary N) is 1. The van der Waals surface area contributed by atoms with E-state index in [9.17, 15) is 0 Å². The second-order valence-corrected chi connectivity index (χ2v) is 6.60. The van der Waals surface area contributed by atoms with Crippen LogP contribution in [0.2, 0.25) is 0 Å². The number of benzene rings is 2. The van der Waals surface area contributed by atoms with Crippen molar-refractivity contribution in [3.8, 4) is 11.1 Å². The summed E-state index contributed by atoms with van der Waals surface area (Å²) < 4.78 is 2.44. The molecule has 0 atom stereocenters. The highest BCUT2D eigenvalue weighted by atomic mass is 32.1. The summed E-state index contributed by atoms with van der Waals surface area (Å²) in [5.74, 6) is 0.140. The first kappa shape index (κ1) is 13.3. The second kappa shape index (κ2) is 5.11. The maximum Gasteiger partial charge on any atom is 0.124 e. The molecule has 0 radical (unpaired) electrons. The van der Waals surface area contributed by atoms with Gasteiger partial charge < -0.3 is 5.73 Å². The Kier molecular flexibility index (Phi) is 3.09. The fourth-order valence-corrected chi connectivity index (χ4v) is 4.32. The summed E-state index contributed by atoms with van der Waals surface area (Å²) in [6.45, 7) is 0. The Morgan fingerprint density at radius 2 is 1.77 bits per heavy atom. The Hall–Kier alpha value is -2.39. The van der Waals surface area contributed by atoms with Gasteiger partial charge in [-0.15, -0.1) is 11.3 Å². The minimum absolute atomic E-state index is 0.140. The highest BCUT2D eigenvalue weighted by molar-refractivity contribution is 7.17. The van der Waals surface area contributed by atoms with Gasteiger partial charge in [0.25, 0.3) is 0 Å². The maximum atomic E-state index is 7.95. The van der Waals surface area contributed by atoms with Crippen LogP contribution >= 0.6 is 11.3 Å². The fraction of sp³-hybridized carbons (Fsp3) is 0.105. The summed E-state index contributed by atoms with van der Waals surface area (Å²) in [6.07, 6.45) is 6.80. The lowest BCUT2D eigenvalue weighted by Gasteiger charge is -2.07. The topological polar surface area (TPSA) is 49.9 Å². The van der Waals surface area contributed by atoms with E-state index in [4.69, 9.17) is 11.1 Å². The Bertz CT molecular complexity index is 997. The SMILES string of the molecule is N=C(N)c1cc(-c2ccccc2)cc2c3c(sc12)=CCCC=3. The number of thiophene rings is 1. The van der Waals surface area contributed by atoms with Crippen molar-refractivity contribution in [2.24, 2.45) is 5.73 Å². The molecule has 0 bridgehead atoms. The van der Waals surface area contributed by atoms with Gasteiger partial charge in [0.15, 0.2) is 0 Å². The molecule has 0 fully saturated rings. The molecule has 1 aliphatic carbocycles. The molecular weight excluding hydrogens is 288 g/mol. The van der Waals surface area contributed by atoms with Gasteiger partial charge in [0.05, 0.1) is 0 Å². The predicted molar refractivity (Wildman–Crippen MR) is 95.7 cm³/mol. The largest absolute Gasteiger partial charge is 0.384 e. The summed E-state index contributed by atoms with van der Waals surface area (Å²) in [4.78, 5) is 0. The zero-order chi connectivity index (χ0) is 15.1. The molecule has 0 saturated heterocycles. The van der Waals surface area contributed by atoms with Crippen LogP contribution in [0, 0.1) is 5.41 Å². The Morgan fingerprint density at radius 1 is 1.00 bits per heavy atom. The van der Waals surface area contributed by atoms with Crippen molar-refractivity contribution >= 4 is 39.4 Å². The Balaban J connectivity index is 2.12. The number of nitrogens with one attached hydrogen (secondary N) is 1. The van der Waals surface area contributed by atoms with Gasteiger partial charge in [0.2, 0.25) is 0 Å². The molecule has 3 heteroatoms. The van der Waals surface area contributed by atoms with Crippen molar-refractivity contribution in [1.29, 1.82) is 5.41 Å². The van der Waals surface area contributed by atoms with Crippen LogP contribution in [0.3, 0.4) is 0 Å². The van der Waals surface area contributed by atoms with Crippen molar-refractivity contribution in [3.63, 3.8) is 0 Å². The van der Waals surface area contributed by atoms with Crippen LogP contribution in [0.15, 0.2) is 42.5 Å². The van der Waals surface area contributed by atoms with Crippen LogP contribution in [0.25, 0.3) is 33.4 Å². The smallest absolute Gasteiger partial charge is 0.124 e. The van der Waals surface area contributed by atoms with E-state index in [1.54, 1.807) is 11.3 Å². The Labute approximate surface area is 132 Å². The van der Waals surface area contributed by atoms with Crippen LogP contribution in [-0.4, -0.2) is 5.84 Å². The zero-order valence-electron chi connectivity index (χ0n) is 12.1. The number of hydrogen-bond acceptors (Lipinski definition) is 2. The van der Waals surface area contributed by atoms with Gasteiger partial charge in [-0.2, -0.15) is 0 Å². The summed E-state index contributed by atoms with van der Waals surface area (Å²) >= 11 is 1.75. The van der Waals surface area contributed by atoms with Gasteiger partial charge in [-0.1, -0.05) is 42.5 Å². The van der Waals surface area contributed by atoms with E-state index in [0.717, 1.165) is 34.2 Å². The van der Waals surface area contributed by atoms with E-state index in [-0.39, 0.29) is 5.84 Å². The number of amidine groups is 1. The summed E-state index contributed by atoms with van der Waals surface area (Å²) in [6, 6.07) is 14.6. The third kappa shape index (κ3) is 2.06. The number of rotatable bonds is 2. The van der Waals surface area contributed by atoms with E-state index < -0.39 is 0 Å². The van der Waals surface area contributed by atoms with Crippen molar-refractivity contribution < 1.29 is 0 Å². The molecule has 22 heavy (non-hydrogen) atoms. The number of fused-ring (bicyclic) bond motifs is 3. The molecule has 3 N–H and O–H groups in total. The van der Waals surface area contributed by atoms with Gasteiger partial charge in [-0.3, -0.25) is 5.41 Å². The van der Waals surface area contributed by atoms with Gasteiger partial charge in [-0.05, 0) is 41.3 Å². The van der Waals surface area contributed by atoms with E-state index in [2.05, 4.69) is 30.4 Å². The van der Waals surface area contributed by atoms with E-state index in [1.807, 2.05) is 24.3 Å². The zero-order valence-corrected chi connectivity index (χ0v) is 12.9. The molecule has 0 amide bonds. The van der Waals surface area contributed by atoms with Crippen LogP contribution in [0.5, 0.6) is 0 Å². The first-order chi connectivity index (χ1) is 10.7. The molecule has 1 aromatic heterocycles. The molecule has 0 spiro atoms. The molecule has 1 aliphatic rings. The van der Waals surface area contributed by atoms with Crippen molar-refractivity contribution in [3.05, 3.63) is 57.8 Å². The standard InChI is InChI=1S/C19H16N2S/c20-19(21)16-11-13(12-6-2-1-3-7-12)10-15-14-8-4-5-9-17(14)22-18(15)16/h1-3,6-11H,4-5H2,(H3,20,21). The average molecular weight is 304 g/mol. The van der Waals surface area contributed by atoms with E-state index in [1.165, 1.54) is 15.1 Å². The molecule has 0 saturated carbocycles. The average Bonchev–Trinajstić information content (AvgIpc) is 2.93. The summed E-state index contributed by atoms with van der Waals surface area (Å²) in [5.41, 5.74) is 8.98. The summed E-state index contributed by atoms with van der Waals surface area (Å²) in [7, 11) is 0. The minimum atomic E-state index is 0.140. The number of hydrogen-bond donors (Lipinski definition) is 2. The molecule has 4 rings (SSSR count). The van der Waals surface area contributed by atoms with Crippen LogP contribution in [0.4, 0.5) is 0 Å². The highest BCUT2D eigenvalue weighted by Crippen LogP contribution is 2.28. The lowest BCUT2D eigenvalue weighted by atomic mass is 9.99. The molecule has 2 aromatic carbocycles. The number of nitrogen functional groups attached to an aromatic ring is 1. The second-order valence-electron chi connectivity index (χ2n) is 5.55. The normalized spacial score (nSPS) is 13.3. The van der Waals surface area contributed by atoms with E-state index in [0.29, 0.717) is 0 Å². The first-order valence-electron chi connectivity index (χ1n) is 7.41. The van der Waals surface area contributed by atoms with Gasteiger partial charge >= 0.3 is 0 Å². The van der Waals surface area contributed by atoms with Crippen LogP contribution in [0.1, 0.15) is 18.4 Å². The molecule has 0 aliphatic heterocycles. The fourth-order valence-electron chi connectivity index (χ4n) is 3.04. The monoisotopic (exact) mass is 304 g/mol. The van der Waals surface area contributed by atoms with Gasteiger partial charge in [0, 0.05) is 20.2 Å². The lowest BCUT2D eigenvalue weighted by Crippen LogP contribution is -2.20. The molecule has 1 heterocycles. The predicted octanol–water partition coefficient (Wildman–Crippen LogP) is 3.21. The molecule has 3 aromatic rings. The van der Waals surface area contributed by atoms with Crippen molar-refractivity contribution in [2.45, 2.75) is 12.8 Å². The molecular formula is C19H16N2S. The van der Waals surface area contributed by atoms with E-state index >= 15 is 0 Å². The maximum absolute atomic E-state index is 7.95. The van der Waals surface area contributed by atoms with Crippen molar-refractivity contribution in [1.82, 2.24) is 0 Å². The summed E-state index contributed by atoms with van der Waals surface area (Å²) in [5, 5.41) is 10.5. The Morgan fingerprint density at radius 3 is 2.55 bits per heavy atom. The molecule has 108 valence electrons. The minimum Gasteiger partial charge on any atom is -0.384 e.